The summed E-state index contributed by atoms with van der Waals surface area (Å²) >= 11 is 1.22. The summed E-state index contributed by atoms with van der Waals surface area (Å²) in [6.45, 7) is 7.12. The summed E-state index contributed by atoms with van der Waals surface area (Å²) in [4.78, 5) is 46.2. The van der Waals surface area contributed by atoms with Gasteiger partial charge >= 0.3 is 12.1 Å². The molecule has 2 aliphatic rings. The summed E-state index contributed by atoms with van der Waals surface area (Å²) in [5.74, 6) is -0.338. The number of carbonyl (C=O) groups is 3. The van der Waals surface area contributed by atoms with Gasteiger partial charge in [0.15, 0.2) is 0 Å². The Morgan fingerprint density at radius 1 is 1.20 bits per heavy atom. The van der Waals surface area contributed by atoms with Gasteiger partial charge in [0.1, 0.15) is 9.71 Å². The van der Waals surface area contributed by atoms with Gasteiger partial charge in [0.25, 0.3) is 5.91 Å². The lowest BCUT2D eigenvalue weighted by Gasteiger charge is -2.31. The fraction of sp³-hybridized carbons (Fsp3) is 0.360. The molecule has 9 nitrogen and oxygen atoms in total. The summed E-state index contributed by atoms with van der Waals surface area (Å²) in [6, 6.07) is 9.04. The normalized spacial score (nSPS) is 17.9. The van der Waals surface area contributed by atoms with Crippen LogP contribution in [0.4, 0.5) is 26.7 Å². The van der Waals surface area contributed by atoms with Crippen molar-refractivity contribution in [2.75, 3.05) is 23.3 Å². The highest BCUT2D eigenvalue weighted by molar-refractivity contribution is 7.21. The predicted molar refractivity (Wildman–Crippen MR) is 136 cm³/mol. The number of aromatic nitrogens is 1. The summed E-state index contributed by atoms with van der Waals surface area (Å²) in [5, 5.41) is 15.9. The molecule has 1 fully saturated rings. The molecule has 10 heteroatoms. The average molecular weight is 494 g/mol. The number of benzene rings is 1. The first-order chi connectivity index (χ1) is 16.6. The molecule has 5 rings (SSSR count). The first-order valence-corrected chi connectivity index (χ1v) is 12.4. The number of carboxylic acid groups (broad SMARTS) is 1. The monoisotopic (exact) mass is 493 g/mol. The SMILES string of the molecule is CC(C)(C)c1ccc(N2C(=O)Nc3c(C(=O)NC4CCCN(C(=O)O)C4)sc4nccc2c34)cc1. The summed E-state index contributed by atoms with van der Waals surface area (Å²) in [6.07, 6.45) is 2.03. The second-order valence-electron chi connectivity index (χ2n) is 9.92. The zero-order valence-electron chi connectivity index (χ0n) is 19.8. The van der Waals surface area contributed by atoms with Crippen LogP contribution in [0.5, 0.6) is 0 Å². The summed E-state index contributed by atoms with van der Waals surface area (Å²) in [5.41, 5.74) is 3.00. The van der Waals surface area contributed by atoms with Crippen LogP contribution >= 0.6 is 11.3 Å². The number of hydrogen-bond acceptors (Lipinski definition) is 5. The first kappa shape index (κ1) is 23.1. The van der Waals surface area contributed by atoms with Crippen LogP contribution in [0.15, 0.2) is 36.5 Å². The molecule has 0 spiro atoms. The van der Waals surface area contributed by atoms with Crippen molar-refractivity contribution in [2.45, 2.75) is 45.1 Å². The molecule has 3 aromatic rings. The van der Waals surface area contributed by atoms with Crippen molar-refractivity contribution in [3.63, 3.8) is 0 Å². The predicted octanol–water partition coefficient (Wildman–Crippen LogP) is 5.15. The Morgan fingerprint density at radius 3 is 2.63 bits per heavy atom. The molecular weight excluding hydrogens is 466 g/mol. The third-order valence-corrected chi connectivity index (χ3v) is 7.57. The fourth-order valence-electron chi connectivity index (χ4n) is 4.63. The molecule has 0 radical (unpaired) electrons. The minimum atomic E-state index is -0.988. The number of nitrogens with zero attached hydrogens (tertiary/aromatic N) is 3. The third kappa shape index (κ3) is 4.18. The van der Waals surface area contributed by atoms with Crippen molar-refractivity contribution in [2.24, 2.45) is 0 Å². The third-order valence-electron chi connectivity index (χ3n) is 6.47. The van der Waals surface area contributed by atoms with E-state index in [0.29, 0.717) is 40.5 Å². The lowest BCUT2D eigenvalue weighted by molar-refractivity contribution is 0.0893. The van der Waals surface area contributed by atoms with Gasteiger partial charge in [0.05, 0.1) is 22.4 Å². The van der Waals surface area contributed by atoms with Crippen molar-refractivity contribution < 1.29 is 19.5 Å². The molecule has 182 valence electrons. The number of amides is 4. The quantitative estimate of drug-likeness (QED) is 0.467. The number of piperidine rings is 1. The van der Waals surface area contributed by atoms with Gasteiger partial charge in [-0.15, -0.1) is 11.3 Å². The van der Waals surface area contributed by atoms with Crippen molar-refractivity contribution in [3.8, 4) is 0 Å². The number of likely N-dealkylation sites (tertiary alicyclic amines) is 1. The Labute approximate surface area is 206 Å². The van der Waals surface area contributed by atoms with Crippen molar-refractivity contribution in [1.29, 1.82) is 0 Å². The van der Waals surface area contributed by atoms with Gasteiger partial charge in [-0.1, -0.05) is 32.9 Å². The van der Waals surface area contributed by atoms with Crippen LogP contribution in [0, 0.1) is 0 Å². The molecule has 2 aliphatic heterocycles. The highest BCUT2D eigenvalue weighted by atomic mass is 32.1. The summed E-state index contributed by atoms with van der Waals surface area (Å²) < 4.78 is 0. The van der Waals surface area contributed by atoms with Gasteiger partial charge in [-0.05, 0) is 42.0 Å². The van der Waals surface area contributed by atoms with E-state index in [2.05, 4.69) is 36.4 Å². The van der Waals surface area contributed by atoms with E-state index in [9.17, 15) is 19.5 Å². The van der Waals surface area contributed by atoms with Crippen LogP contribution in [0.3, 0.4) is 0 Å². The number of carbonyl (C=O) groups excluding carboxylic acids is 2. The highest BCUT2D eigenvalue weighted by Gasteiger charge is 2.34. The number of rotatable bonds is 3. The van der Waals surface area contributed by atoms with Crippen molar-refractivity contribution in [3.05, 3.63) is 47.0 Å². The van der Waals surface area contributed by atoms with Gasteiger partial charge < -0.3 is 20.6 Å². The van der Waals surface area contributed by atoms with Gasteiger partial charge in [-0.3, -0.25) is 9.69 Å². The minimum Gasteiger partial charge on any atom is -0.465 e. The molecule has 3 N–H and O–H groups in total. The van der Waals surface area contributed by atoms with E-state index in [1.54, 1.807) is 17.2 Å². The van der Waals surface area contributed by atoms with E-state index in [0.717, 1.165) is 16.6 Å². The number of hydrogen-bond donors (Lipinski definition) is 3. The molecule has 35 heavy (non-hydrogen) atoms. The number of anilines is 3. The number of nitrogens with one attached hydrogen (secondary N) is 2. The number of thiophene rings is 1. The molecule has 1 atom stereocenters. The maximum Gasteiger partial charge on any atom is 0.407 e. The summed E-state index contributed by atoms with van der Waals surface area (Å²) in [7, 11) is 0. The van der Waals surface area contributed by atoms with E-state index in [4.69, 9.17) is 0 Å². The van der Waals surface area contributed by atoms with Crippen LogP contribution in [0.1, 0.15) is 48.8 Å². The molecule has 0 saturated carbocycles. The second kappa shape index (κ2) is 8.53. The maximum absolute atomic E-state index is 13.3. The van der Waals surface area contributed by atoms with E-state index < -0.39 is 6.09 Å². The van der Waals surface area contributed by atoms with Crippen LogP contribution in [-0.2, 0) is 5.41 Å². The van der Waals surface area contributed by atoms with Gasteiger partial charge in [0, 0.05) is 25.3 Å². The molecule has 0 aliphatic carbocycles. The number of pyridine rings is 1. The van der Waals surface area contributed by atoms with Crippen LogP contribution in [0.2, 0.25) is 0 Å². The first-order valence-electron chi connectivity index (χ1n) is 11.6. The highest BCUT2D eigenvalue weighted by Crippen LogP contribution is 2.45. The zero-order chi connectivity index (χ0) is 24.9. The molecule has 1 aromatic carbocycles. The molecule has 4 heterocycles. The van der Waals surface area contributed by atoms with Crippen LogP contribution < -0.4 is 15.5 Å². The molecule has 1 unspecified atom stereocenters. The Morgan fingerprint density at radius 2 is 1.94 bits per heavy atom. The standard InChI is InChI=1S/C25H27N5O4S/c1-25(2,3)14-6-8-16(9-7-14)30-17-10-11-26-22-18(17)19(28-23(30)32)20(35-22)21(31)27-15-5-4-12-29(13-15)24(33)34/h6-11,15H,4-5,12-13H2,1-3H3,(H,27,31)(H,28,32)(H,33,34). The van der Waals surface area contributed by atoms with Gasteiger partial charge in [0.2, 0.25) is 0 Å². The molecule has 2 aromatic heterocycles. The van der Waals surface area contributed by atoms with Crippen LogP contribution in [-0.4, -0.2) is 52.2 Å². The molecule has 1 saturated heterocycles. The molecule has 0 bridgehead atoms. The lowest BCUT2D eigenvalue weighted by atomic mass is 9.87. The van der Waals surface area contributed by atoms with E-state index in [1.807, 2.05) is 24.3 Å². The largest absolute Gasteiger partial charge is 0.465 e. The second-order valence-corrected chi connectivity index (χ2v) is 10.9. The van der Waals surface area contributed by atoms with E-state index in [1.165, 1.54) is 16.2 Å². The van der Waals surface area contributed by atoms with Gasteiger partial charge in [-0.2, -0.15) is 0 Å². The Balaban J connectivity index is 1.47. The topological polar surface area (TPSA) is 115 Å². The van der Waals surface area contributed by atoms with Crippen molar-refractivity contribution in [1.82, 2.24) is 15.2 Å². The zero-order valence-corrected chi connectivity index (χ0v) is 20.6. The number of urea groups is 1. The fourth-order valence-corrected chi connectivity index (χ4v) is 5.65. The average Bonchev–Trinajstić information content (AvgIpc) is 3.18. The lowest BCUT2D eigenvalue weighted by Crippen LogP contribution is -2.49. The van der Waals surface area contributed by atoms with E-state index in [-0.39, 0.29) is 29.9 Å². The maximum atomic E-state index is 13.3. The Kier molecular flexibility index (Phi) is 5.63. The Hall–Kier alpha value is -3.66. The van der Waals surface area contributed by atoms with Crippen LogP contribution in [0.25, 0.3) is 10.2 Å². The minimum absolute atomic E-state index is 0.00472. The Bertz CT molecular complexity index is 1330. The smallest absolute Gasteiger partial charge is 0.407 e. The van der Waals surface area contributed by atoms with E-state index >= 15 is 0 Å². The molecular formula is C25H27N5O4S. The molecule has 4 amide bonds. The van der Waals surface area contributed by atoms with Crippen molar-refractivity contribution >= 4 is 56.6 Å². The van der Waals surface area contributed by atoms with Gasteiger partial charge in [-0.25, -0.2) is 14.6 Å².